The normalized spacial score (nSPS) is 13.4. The number of Topliss-reactive ketones (excluding diaryl/α,β-unsaturated/α-hetero) is 1. The Balaban J connectivity index is 1.48. The second-order valence-electron chi connectivity index (χ2n) is 8.25. The lowest BCUT2D eigenvalue weighted by Crippen LogP contribution is -2.30. The van der Waals surface area contributed by atoms with E-state index in [9.17, 15) is 18.0 Å². The maximum Gasteiger partial charge on any atom is 0.263 e. The number of thiophene rings is 1. The molecule has 0 spiro atoms. The molecule has 4 aromatic rings. The van der Waals surface area contributed by atoms with Gasteiger partial charge in [-0.2, -0.15) is 0 Å². The SMILES string of the molecule is CCS(=O)(=O)N1CCc2cc(C(=O)Cn3cnc4sc(C)c(-c5ccccc5)c4c3=O)ccc21. The molecule has 0 N–H and O–H groups in total. The second kappa shape index (κ2) is 8.48. The van der Waals surface area contributed by atoms with Crippen molar-refractivity contribution in [1.29, 1.82) is 0 Å². The van der Waals surface area contributed by atoms with E-state index in [1.165, 1.54) is 26.5 Å². The van der Waals surface area contributed by atoms with E-state index in [2.05, 4.69) is 4.98 Å². The first kappa shape index (κ1) is 22.5. The zero-order chi connectivity index (χ0) is 24.0. The largest absolute Gasteiger partial charge is 0.292 e. The van der Waals surface area contributed by atoms with Gasteiger partial charge < -0.3 is 0 Å². The summed E-state index contributed by atoms with van der Waals surface area (Å²) in [6, 6.07) is 14.8. The number of benzene rings is 2. The number of ketones is 1. The van der Waals surface area contributed by atoms with Gasteiger partial charge in [0.25, 0.3) is 5.56 Å². The second-order valence-corrected chi connectivity index (χ2v) is 11.6. The molecule has 1 aliphatic rings. The molecule has 0 amide bonds. The Kier molecular flexibility index (Phi) is 5.61. The molecule has 0 atom stereocenters. The molecule has 34 heavy (non-hydrogen) atoms. The van der Waals surface area contributed by atoms with Gasteiger partial charge >= 0.3 is 0 Å². The van der Waals surface area contributed by atoms with Crippen LogP contribution in [0.1, 0.15) is 27.7 Å². The number of nitrogens with zero attached hydrogens (tertiary/aromatic N) is 3. The first-order valence-corrected chi connectivity index (χ1v) is 13.4. The third-order valence-electron chi connectivity index (χ3n) is 6.19. The van der Waals surface area contributed by atoms with E-state index in [1.807, 2.05) is 37.3 Å². The van der Waals surface area contributed by atoms with Gasteiger partial charge in [-0.15, -0.1) is 11.3 Å². The number of fused-ring (bicyclic) bond motifs is 2. The highest BCUT2D eigenvalue weighted by atomic mass is 32.2. The van der Waals surface area contributed by atoms with Crippen LogP contribution in [0.5, 0.6) is 0 Å². The predicted molar refractivity (Wildman–Crippen MR) is 135 cm³/mol. The van der Waals surface area contributed by atoms with E-state index in [1.54, 1.807) is 25.1 Å². The van der Waals surface area contributed by atoms with Gasteiger partial charge in [-0.05, 0) is 49.6 Å². The van der Waals surface area contributed by atoms with E-state index < -0.39 is 10.0 Å². The lowest BCUT2D eigenvalue weighted by atomic mass is 10.0. The number of hydrogen-bond donors (Lipinski definition) is 0. The van der Waals surface area contributed by atoms with Crippen LogP contribution in [0.3, 0.4) is 0 Å². The summed E-state index contributed by atoms with van der Waals surface area (Å²) >= 11 is 1.47. The van der Waals surface area contributed by atoms with Crippen molar-refractivity contribution in [2.24, 2.45) is 0 Å². The summed E-state index contributed by atoms with van der Waals surface area (Å²) in [5, 5.41) is 0.526. The van der Waals surface area contributed by atoms with Crippen LogP contribution in [0, 0.1) is 6.92 Å². The van der Waals surface area contributed by atoms with E-state index in [-0.39, 0.29) is 23.6 Å². The molecular formula is C25H23N3O4S2. The van der Waals surface area contributed by atoms with Crippen molar-refractivity contribution in [2.75, 3.05) is 16.6 Å². The van der Waals surface area contributed by atoms with Crippen molar-refractivity contribution in [3.63, 3.8) is 0 Å². The van der Waals surface area contributed by atoms with Gasteiger partial charge in [0.15, 0.2) is 5.78 Å². The number of rotatable bonds is 6. The van der Waals surface area contributed by atoms with E-state index in [4.69, 9.17) is 0 Å². The van der Waals surface area contributed by atoms with Crippen LogP contribution in [-0.4, -0.2) is 36.0 Å². The molecular weight excluding hydrogens is 470 g/mol. The van der Waals surface area contributed by atoms with Crippen molar-refractivity contribution in [3.8, 4) is 11.1 Å². The summed E-state index contributed by atoms with van der Waals surface area (Å²) in [6.07, 6.45) is 1.98. The van der Waals surface area contributed by atoms with Crippen molar-refractivity contribution in [3.05, 3.63) is 81.2 Å². The molecule has 2 aromatic heterocycles. The first-order chi connectivity index (χ1) is 16.3. The van der Waals surface area contributed by atoms with Gasteiger partial charge in [0.2, 0.25) is 10.0 Å². The Morgan fingerprint density at radius 2 is 1.91 bits per heavy atom. The minimum Gasteiger partial charge on any atom is -0.292 e. The van der Waals surface area contributed by atoms with E-state index >= 15 is 0 Å². The number of hydrogen-bond acceptors (Lipinski definition) is 6. The number of sulfonamides is 1. The maximum atomic E-state index is 13.4. The highest BCUT2D eigenvalue weighted by molar-refractivity contribution is 7.92. The molecule has 0 fully saturated rings. The summed E-state index contributed by atoms with van der Waals surface area (Å²) in [4.78, 5) is 32.6. The minimum absolute atomic E-state index is 0.0263. The number of carbonyl (C=O) groups excluding carboxylic acids is 1. The molecule has 9 heteroatoms. The summed E-state index contributed by atoms with van der Waals surface area (Å²) in [7, 11) is -3.35. The summed E-state index contributed by atoms with van der Waals surface area (Å²) in [6.45, 7) is 3.83. The summed E-state index contributed by atoms with van der Waals surface area (Å²) in [5.41, 5.74) is 3.45. The highest BCUT2D eigenvalue weighted by Gasteiger charge is 2.28. The number of aromatic nitrogens is 2. The third-order valence-corrected chi connectivity index (χ3v) is 8.98. The van der Waals surface area contributed by atoms with Crippen LogP contribution >= 0.6 is 11.3 Å². The lowest BCUT2D eigenvalue weighted by molar-refractivity contribution is 0.0970. The Morgan fingerprint density at radius 3 is 2.65 bits per heavy atom. The molecule has 1 aliphatic heterocycles. The van der Waals surface area contributed by atoms with Crippen LogP contribution < -0.4 is 9.86 Å². The molecule has 0 bridgehead atoms. The van der Waals surface area contributed by atoms with Gasteiger partial charge in [-0.3, -0.25) is 18.5 Å². The lowest BCUT2D eigenvalue weighted by Gasteiger charge is -2.18. The Hall–Kier alpha value is -3.30. The monoisotopic (exact) mass is 493 g/mol. The molecule has 7 nitrogen and oxygen atoms in total. The zero-order valence-corrected chi connectivity index (χ0v) is 20.4. The molecule has 3 heterocycles. The average molecular weight is 494 g/mol. The molecule has 174 valence electrons. The molecule has 0 saturated heterocycles. The summed E-state index contributed by atoms with van der Waals surface area (Å²) in [5.74, 6) is -0.200. The van der Waals surface area contributed by atoms with Crippen LogP contribution in [0.15, 0.2) is 59.7 Å². The molecule has 0 saturated carbocycles. The predicted octanol–water partition coefficient (Wildman–Crippen LogP) is 4.03. The van der Waals surface area contributed by atoms with Gasteiger partial charge in [-0.25, -0.2) is 13.4 Å². The average Bonchev–Trinajstić information content (AvgIpc) is 3.42. The molecule has 5 rings (SSSR count). The molecule has 2 aromatic carbocycles. The Labute approximate surface area is 201 Å². The fourth-order valence-corrected chi connectivity index (χ4v) is 6.60. The fourth-order valence-electron chi connectivity index (χ4n) is 4.44. The maximum absolute atomic E-state index is 13.4. The van der Waals surface area contributed by atoms with Crippen LogP contribution in [0.4, 0.5) is 5.69 Å². The number of aryl methyl sites for hydroxylation is 1. The van der Waals surface area contributed by atoms with Gasteiger partial charge in [0.05, 0.1) is 29.7 Å². The third kappa shape index (κ3) is 3.74. The Morgan fingerprint density at radius 1 is 1.15 bits per heavy atom. The van der Waals surface area contributed by atoms with Gasteiger partial charge in [0, 0.05) is 22.5 Å². The number of anilines is 1. The van der Waals surface area contributed by atoms with Crippen molar-refractivity contribution in [1.82, 2.24) is 9.55 Å². The smallest absolute Gasteiger partial charge is 0.263 e. The van der Waals surface area contributed by atoms with Crippen LogP contribution in [0.2, 0.25) is 0 Å². The molecule has 0 aliphatic carbocycles. The van der Waals surface area contributed by atoms with Crippen LogP contribution in [-0.2, 0) is 23.0 Å². The van der Waals surface area contributed by atoms with Crippen molar-refractivity contribution in [2.45, 2.75) is 26.8 Å². The van der Waals surface area contributed by atoms with Gasteiger partial charge in [0.1, 0.15) is 4.83 Å². The number of carbonyl (C=O) groups is 1. The van der Waals surface area contributed by atoms with Crippen LogP contribution in [0.25, 0.3) is 21.3 Å². The molecule has 0 radical (unpaired) electrons. The minimum atomic E-state index is -3.35. The highest BCUT2D eigenvalue weighted by Crippen LogP contribution is 2.35. The topological polar surface area (TPSA) is 89.3 Å². The quantitative estimate of drug-likeness (QED) is 0.379. The first-order valence-electron chi connectivity index (χ1n) is 11.0. The van der Waals surface area contributed by atoms with Gasteiger partial charge in [-0.1, -0.05) is 30.3 Å². The summed E-state index contributed by atoms with van der Waals surface area (Å²) < 4.78 is 27.4. The Bertz CT molecular complexity index is 1590. The van der Waals surface area contributed by atoms with Crippen molar-refractivity contribution >= 4 is 43.0 Å². The zero-order valence-electron chi connectivity index (χ0n) is 18.8. The van der Waals surface area contributed by atoms with Crippen molar-refractivity contribution < 1.29 is 13.2 Å². The van der Waals surface area contributed by atoms with E-state index in [0.29, 0.717) is 34.4 Å². The standard InChI is InChI=1S/C25H23N3O4S2/c1-3-34(31,32)28-12-11-18-13-19(9-10-20(18)28)21(29)14-27-15-26-24-23(25(27)30)22(16(2)33-24)17-7-5-4-6-8-17/h4-10,13,15H,3,11-12,14H2,1-2H3. The fraction of sp³-hybridized carbons (Fsp3) is 0.240. The molecule has 0 unspecified atom stereocenters. The van der Waals surface area contributed by atoms with E-state index in [0.717, 1.165) is 21.6 Å².